The van der Waals surface area contributed by atoms with Crippen LogP contribution >= 0.6 is 0 Å². The normalized spacial score (nSPS) is 29.8. The van der Waals surface area contributed by atoms with Crippen molar-refractivity contribution in [1.82, 2.24) is 0 Å². The number of nitrogens with zero attached hydrogens (tertiary/aromatic N) is 2. The highest BCUT2D eigenvalue weighted by Crippen LogP contribution is 2.60. The summed E-state index contributed by atoms with van der Waals surface area (Å²) < 4.78 is 5.45. The molecule has 8 nitrogen and oxygen atoms in total. The van der Waals surface area contributed by atoms with Crippen LogP contribution in [0, 0.1) is 39.9 Å². The van der Waals surface area contributed by atoms with E-state index in [4.69, 9.17) is 21.1 Å². The number of amidine groups is 1. The number of hydrazone groups is 1. The van der Waals surface area contributed by atoms with Gasteiger partial charge in [-0.05, 0) is 68.4 Å². The van der Waals surface area contributed by atoms with Crippen molar-refractivity contribution >= 4 is 28.8 Å². The van der Waals surface area contributed by atoms with Crippen LogP contribution < -0.4 is 21.2 Å². The first-order valence-corrected chi connectivity index (χ1v) is 10.00. The molecule has 0 heterocycles. The molecule has 0 spiro atoms. The number of ether oxygens (including phenoxy) is 1. The van der Waals surface area contributed by atoms with Crippen LogP contribution in [0.15, 0.2) is 23.3 Å². The third kappa shape index (κ3) is 3.65. The van der Waals surface area contributed by atoms with Crippen LogP contribution in [-0.2, 0) is 4.79 Å². The zero-order valence-corrected chi connectivity index (χ0v) is 16.5. The first-order chi connectivity index (χ1) is 13.9. The maximum Gasteiger partial charge on any atom is 0.230 e. The Morgan fingerprint density at radius 2 is 1.90 bits per heavy atom. The van der Waals surface area contributed by atoms with Crippen molar-refractivity contribution in [2.45, 2.75) is 38.5 Å². The Morgan fingerprint density at radius 3 is 2.41 bits per heavy atom. The lowest BCUT2D eigenvalue weighted by Crippen LogP contribution is -2.51. The summed E-state index contributed by atoms with van der Waals surface area (Å²) in [4.78, 5) is 13.3. The van der Waals surface area contributed by atoms with E-state index in [1.807, 2.05) is 0 Å². The Kier molecular flexibility index (Phi) is 4.91. The molecule has 1 aromatic carbocycles. The molecule has 0 saturated heterocycles. The van der Waals surface area contributed by atoms with Crippen molar-refractivity contribution < 1.29 is 9.53 Å². The highest BCUT2D eigenvalue weighted by atomic mass is 16.5. The predicted molar refractivity (Wildman–Crippen MR) is 111 cm³/mol. The number of hydrogen-bond donors (Lipinski definition) is 4. The SMILES string of the molecule is COc1cc(N/N=C(\C#N)C(=N)N)ccc1NC(=O)C12CC3CC(CC(C3)C1)C2. The number of amides is 1. The van der Waals surface area contributed by atoms with Crippen molar-refractivity contribution in [1.29, 1.82) is 10.7 Å². The summed E-state index contributed by atoms with van der Waals surface area (Å²) in [6.07, 6.45) is 6.89. The van der Waals surface area contributed by atoms with Crippen molar-refractivity contribution in [2.24, 2.45) is 34.0 Å². The van der Waals surface area contributed by atoms with Crippen LogP contribution in [0.3, 0.4) is 0 Å². The molecule has 4 saturated carbocycles. The number of nitriles is 1. The number of carbonyl (C=O) groups excluding carboxylic acids is 1. The molecule has 0 radical (unpaired) electrons. The van der Waals surface area contributed by atoms with Crippen LogP contribution in [0.4, 0.5) is 11.4 Å². The van der Waals surface area contributed by atoms with E-state index in [0.717, 1.165) is 19.3 Å². The van der Waals surface area contributed by atoms with Gasteiger partial charge in [0, 0.05) is 6.07 Å². The molecule has 0 atom stereocenters. The third-order valence-corrected chi connectivity index (χ3v) is 6.63. The Balaban J connectivity index is 1.50. The van der Waals surface area contributed by atoms with Crippen LogP contribution in [-0.4, -0.2) is 24.6 Å². The Morgan fingerprint density at radius 1 is 1.28 bits per heavy atom. The highest BCUT2D eigenvalue weighted by molar-refractivity contribution is 6.45. The summed E-state index contributed by atoms with van der Waals surface area (Å²) >= 11 is 0. The number of nitrogens with one attached hydrogen (secondary N) is 3. The molecule has 0 aliphatic heterocycles. The molecular formula is C21H26N6O2. The molecule has 5 rings (SSSR count). The van der Waals surface area contributed by atoms with E-state index in [-0.39, 0.29) is 17.0 Å². The lowest BCUT2D eigenvalue weighted by atomic mass is 9.49. The zero-order valence-electron chi connectivity index (χ0n) is 16.5. The average Bonchev–Trinajstić information content (AvgIpc) is 2.68. The lowest BCUT2D eigenvalue weighted by molar-refractivity contribution is -0.140. The fourth-order valence-electron chi connectivity index (χ4n) is 5.77. The van der Waals surface area contributed by atoms with Crippen LogP contribution in [0.1, 0.15) is 38.5 Å². The smallest absolute Gasteiger partial charge is 0.230 e. The summed E-state index contributed by atoms with van der Waals surface area (Å²) in [5, 5.41) is 23.1. The van der Waals surface area contributed by atoms with Crippen molar-refractivity contribution in [3.8, 4) is 11.8 Å². The highest BCUT2D eigenvalue weighted by Gasteiger charge is 2.54. The lowest BCUT2D eigenvalue weighted by Gasteiger charge is -2.55. The van der Waals surface area contributed by atoms with E-state index in [9.17, 15) is 4.79 Å². The summed E-state index contributed by atoms with van der Waals surface area (Å²) in [5.41, 5.74) is 8.72. The fraction of sp³-hybridized carbons (Fsp3) is 0.524. The summed E-state index contributed by atoms with van der Waals surface area (Å²) in [5.74, 6) is 2.31. The first kappa shape index (κ1) is 19.2. The van der Waals surface area contributed by atoms with Gasteiger partial charge in [-0.2, -0.15) is 10.4 Å². The molecule has 4 aliphatic rings. The average molecular weight is 394 g/mol. The molecule has 0 aromatic heterocycles. The Hall–Kier alpha value is -3.08. The van der Waals surface area contributed by atoms with Gasteiger partial charge in [-0.25, -0.2) is 0 Å². The van der Waals surface area contributed by atoms with Gasteiger partial charge < -0.3 is 15.8 Å². The number of carbonyl (C=O) groups is 1. The summed E-state index contributed by atoms with van der Waals surface area (Å²) in [6.45, 7) is 0. The molecule has 152 valence electrons. The molecule has 8 heteroatoms. The van der Waals surface area contributed by atoms with Crippen LogP contribution in [0.2, 0.25) is 0 Å². The second-order valence-corrected chi connectivity index (χ2v) is 8.66. The van der Waals surface area contributed by atoms with Gasteiger partial charge >= 0.3 is 0 Å². The zero-order chi connectivity index (χ0) is 20.6. The molecule has 1 amide bonds. The number of anilines is 2. The van der Waals surface area contributed by atoms with E-state index in [1.54, 1.807) is 31.4 Å². The second kappa shape index (κ2) is 7.39. The number of benzene rings is 1. The quantitative estimate of drug-likeness (QED) is 0.334. The van der Waals surface area contributed by atoms with Crippen molar-refractivity contribution in [3.05, 3.63) is 18.2 Å². The standard InChI is InChI=1S/C21H26N6O2/c1-29-18-7-15(26-27-17(11-22)19(23)24)2-3-16(18)25-20(28)21-8-12-4-13(9-21)6-14(5-12)10-21/h2-3,7,12-14,26H,4-6,8-10H2,1H3,(H3,23,24)(H,25,28)/b27-17+. The van der Waals surface area contributed by atoms with Gasteiger partial charge in [0.1, 0.15) is 11.8 Å². The van der Waals surface area contributed by atoms with Gasteiger partial charge in [-0.3, -0.25) is 15.6 Å². The fourth-order valence-corrected chi connectivity index (χ4v) is 5.77. The number of nitrogens with two attached hydrogens (primary N) is 1. The molecule has 4 bridgehead atoms. The van der Waals surface area contributed by atoms with Crippen molar-refractivity contribution in [2.75, 3.05) is 17.9 Å². The van der Waals surface area contributed by atoms with E-state index in [0.29, 0.717) is 34.9 Å². The maximum atomic E-state index is 13.3. The topological polar surface area (TPSA) is 136 Å². The van der Waals surface area contributed by atoms with E-state index >= 15 is 0 Å². The molecule has 5 N–H and O–H groups in total. The predicted octanol–water partition coefficient (Wildman–Crippen LogP) is 3.08. The molecular weight excluding hydrogens is 368 g/mol. The van der Waals surface area contributed by atoms with E-state index in [2.05, 4.69) is 15.8 Å². The van der Waals surface area contributed by atoms with E-state index < -0.39 is 5.84 Å². The van der Waals surface area contributed by atoms with Gasteiger partial charge in [0.25, 0.3) is 0 Å². The van der Waals surface area contributed by atoms with E-state index in [1.165, 1.54) is 19.3 Å². The minimum absolute atomic E-state index is 0.108. The molecule has 0 unspecified atom stereocenters. The molecule has 4 fully saturated rings. The summed E-state index contributed by atoms with van der Waals surface area (Å²) in [6, 6.07) is 6.93. The minimum atomic E-state index is -0.411. The van der Waals surface area contributed by atoms with Crippen molar-refractivity contribution in [3.63, 3.8) is 0 Å². The molecule has 29 heavy (non-hydrogen) atoms. The van der Waals surface area contributed by atoms with Gasteiger partial charge in [0.15, 0.2) is 5.84 Å². The van der Waals surface area contributed by atoms with Gasteiger partial charge in [0.05, 0.1) is 23.9 Å². The summed E-state index contributed by atoms with van der Waals surface area (Å²) in [7, 11) is 1.54. The third-order valence-electron chi connectivity index (χ3n) is 6.63. The van der Waals surface area contributed by atoms with Crippen LogP contribution in [0.5, 0.6) is 5.75 Å². The largest absolute Gasteiger partial charge is 0.494 e. The number of rotatable bonds is 6. The van der Waals surface area contributed by atoms with Gasteiger partial charge in [0.2, 0.25) is 11.6 Å². The molecule has 1 aromatic rings. The Bertz CT molecular complexity index is 881. The monoisotopic (exact) mass is 394 g/mol. The number of methoxy groups -OCH3 is 1. The Labute approximate surface area is 170 Å². The first-order valence-electron chi connectivity index (χ1n) is 10.00. The number of hydrogen-bond acceptors (Lipinski definition) is 6. The van der Waals surface area contributed by atoms with Gasteiger partial charge in [-0.15, -0.1) is 0 Å². The van der Waals surface area contributed by atoms with Gasteiger partial charge in [-0.1, -0.05) is 0 Å². The minimum Gasteiger partial charge on any atom is -0.494 e. The molecule has 4 aliphatic carbocycles. The second-order valence-electron chi connectivity index (χ2n) is 8.66. The van der Waals surface area contributed by atoms with Crippen LogP contribution in [0.25, 0.3) is 0 Å². The maximum absolute atomic E-state index is 13.3.